The van der Waals surface area contributed by atoms with Crippen LogP contribution in [0.3, 0.4) is 0 Å². The number of benzene rings is 2. The van der Waals surface area contributed by atoms with Gasteiger partial charge in [-0.05, 0) is 43.7 Å². The summed E-state index contributed by atoms with van der Waals surface area (Å²) in [5, 5.41) is 11.5. The molecule has 2 aromatic carbocycles. The topological polar surface area (TPSA) is 81.7 Å². The molecule has 0 atom stereocenters. The van der Waals surface area contributed by atoms with E-state index in [0.717, 1.165) is 17.8 Å². The molecule has 6 nitrogen and oxygen atoms in total. The van der Waals surface area contributed by atoms with Crippen LogP contribution in [0.25, 0.3) is 0 Å². The van der Waals surface area contributed by atoms with Gasteiger partial charge in [-0.25, -0.2) is 5.48 Å². The maximum Gasteiger partial charge on any atom is 0.245 e. The summed E-state index contributed by atoms with van der Waals surface area (Å²) in [5.74, 6) is -0.444. The number of carbonyl (C=O) groups is 2. The Morgan fingerprint density at radius 3 is 1.96 bits per heavy atom. The first-order valence-electron chi connectivity index (χ1n) is 8.29. The Labute approximate surface area is 147 Å². The number of amides is 2. The van der Waals surface area contributed by atoms with Crippen molar-refractivity contribution < 1.29 is 14.8 Å². The molecular weight excluding hydrogens is 318 g/mol. The van der Waals surface area contributed by atoms with Crippen molar-refractivity contribution in [2.45, 2.75) is 19.3 Å². The summed E-state index contributed by atoms with van der Waals surface area (Å²) in [6.45, 7) is 0.831. The molecule has 0 aliphatic carbocycles. The third kappa shape index (κ3) is 6.02. The SMILES string of the molecule is O=C(CCCCNCC(=O)N(c1ccccc1)c1ccccc1)NO. The van der Waals surface area contributed by atoms with E-state index in [1.54, 1.807) is 10.4 Å². The molecule has 3 N–H and O–H groups in total. The van der Waals surface area contributed by atoms with E-state index in [2.05, 4.69) is 5.32 Å². The van der Waals surface area contributed by atoms with E-state index in [1.165, 1.54) is 0 Å². The van der Waals surface area contributed by atoms with Crippen LogP contribution < -0.4 is 15.7 Å². The number of carbonyl (C=O) groups excluding carboxylic acids is 2. The fourth-order valence-electron chi connectivity index (χ4n) is 2.46. The Morgan fingerprint density at radius 1 is 0.880 bits per heavy atom. The fourth-order valence-corrected chi connectivity index (χ4v) is 2.46. The number of hydrogen-bond acceptors (Lipinski definition) is 4. The van der Waals surface area contributed by atoms with Crippen LogP contribution in [-0.4, -0.2) is 30.1 Å². The number of nitrogens with one attached hydrogen (secondary N) is 2. The van der Waals surface area contributed by atoms with Gasteiger partial charge in [0, 0.05) is 17.8 Å². The molecule has 0 aliphatic heterocycles. The van der Waals surface area contributed by atoms with Crippen LogP contribution in [0.15, 0.2) is 60.7 Å². The molecule has 0 fully saturated rings. The Hall–Kier alpha value is -2.70. The molecule has 25 heavy (non-hydrogen) atoms. The quantitative estimate of drug-likeness (QED) is 0.372. The molecule has 2 amide bonds. The maximum atomic E-state index is 12.7. The van der Waals surface area contributed by atoms with E-state index in [9.17, 15) is 9.59 Å². The van der Waals surface area contributed by atoms with Crippen molar-refractivity contribution in [2.24, 2.45) is 0 Å². The molecule has 0 saturated carbocycles. The van der Waals surface area contributed by atoms with Gasteiger partial charge in [0.1, 0.15) is 0 Å². The lowest BCUT2D eigenvalue weighted by Crippen LogP contribution is -2.35. The molecule has 0 aliphatic rings. The molecule has 0 spiro atoms. The minimum absolute atomic E-state index is 0.0505. The average molecular weight is 341 g/mol. The fraction of sp³-hybridized carbons (Fsp3) is 0.263. The van der Waals surface area contributed by atoms with Gasteiger partial charge in [0.2, 0.25) is 11.8 Å². The van der Waals surface area contributed by atoms with Gasteiger partial charge in [-0.1, -0.05) is 36.4 Å². The second kappa shape index (κ2) is 10.2. The van der Waals surface area contributed by atoms with Gasteiger partial charge in [0.15, 0.2) is 0 Å². The largest absolute Gasteiger partial charge is 0.308 e. The molecule has 0 radical (unpaired) electrons. The molecule has 6 heteroatoms. The van der Waals surface area contributed by atoms with Crippen LogP contribution in [-0.2, 0) is 9.59 Å². The number of hydrogen-bond donors (Lipinski definition) is 3. The smallest absolute Gasteiger partial charge is 0.245 e. The molecule has 0 aromatic heterocycles. The van der Waals surface area contributed by atoms with E-state index in [1.807, 2.05) is 60.7 Å². The molecule has 0 unspecified atom stereocenters. The molecule has 2 rings (SSSR count). The van der Waals surface area contributed by atoms with Crippen LogP contribution in [0.5, 0.6) is 0 Å². The van der Waals surface area contributed by atoms with Gasteiger partial charge < -0.3 is 5.32 Å². The molecule has 0 saturated heterocycles. The number of anilines is 2. The number of hydroxylamine groups is 1. The van der Waals surface area contributed by atoms with Crippen molar-refractivity contribution in [3.63, 3.8) is 0 Å². The second-order valence-corrected chi connectivity index (χ2v) is 5.57. The summed E-state index contributed by atoms with van der Waals surface area (Å²) in [6, 6.07) is 19.0. The summed E-state index contributed by atoms with van der Waals surface area (Å²) in [7, 11) is 0. The third-order valence-corrected chi connectivity index (χ3v) is 3.69. The molecular formula is C19H23N3O3. The lowest BCUT2D eigenvalue weighted by Gasteiger charge is -2.23. The first kappa shape index (κ1) is 18.6. The summed E-state index contributed by atoms with van der Waals surface area (Å²) in [5.41, 5.74) is 3.24. The lowest BCUT2D eigenvalue weighted by atomic mass is 10.2. The Kier molecular flexibility index (Phi) is 7.62. The molecule has 0 bridgehead atoms. The Bertz CT molecular complexity index is 623. The highest BCUT2D eigenvalue weighted by Crippen LogP contribution is 2.24. The Morgan fingerprint density at radius 2 is 1.44 bits per heavy atom. The first-order valence-corrected chi connectivity index (χ1v) is 8.29. The molecule has 2 aromatic rings. The van der Waals surface area contributed by atoms with E-state index < -0.39 is 5.91 Å². The zero-order chi connectivity index (χ0) is 17.9. The summed E-state index contributed by atoms with van der Waals surface area (Å²) in [4.78, 5) is 25.3. The van der Waals surface area contributed by atoms with Gasteiger partial charge in [0.25, 0.3) is 0 Å². The highest BCUT2D eigenvalue weighted by molar-refractivity contribution is 6.01. The first-order chi connectivity index (χ1) is 12.2. The third-order valence-electron chi connectivity index (χ3n) is 3.69. The van der Waals surface area contributed by atoms with E-state index in [4.69, 9.17) is 5.21 Å². The average Bonchev–Trinajstić information content (AvgIpc) is 2.66. The van der Waals surface area contributed by atoms with Crippen LogP contribution in [0.4, 0.5) is 11.4 Å². The van der Waals surface area contributed by atoms with Gasteiger partial charge in [0.05, 0.1) is 6.54 Å². The zero-order valence-corrected chi connectivity index (χ0v) is 14.0. The number of nitrogens with zero attached hydrogens (tertiary/aromatic N) is 1. The normalized spacial score (nSPS) is 10.3. The van der Waals surface area contributed by atoms with Gasteiger partial charge >= 0.3 is 0 Å². The summed E-state index contributed by atoms with van der Waals surface area (Å²) in [6.07, 6.45) is 1.67. The minimum atomic E-state index is -0.393. The van der Waals surface area contributed by atoms with Crippen molar-refractivity contribution in [3.05, 3.63) is 60.7 Å². The van der Waals surface area contributed by atoms with Crippen molar-refractivity contribution >= 4 is 23.2 Å². The minimum Gasteiger partial charge on any atom is -0.308 e. The lowest BCUT2D eigenvalue weighted by molar-refractivity contribution is -0.129. The van der Waals surface area contributed by atoms with Gasteiger partial charge in [-0.15, -0.1) is 0 Å². The summed E-state index contributed by atoms with van der Waals surface area (Å²) >= 11 is 0. The van der Waals surface area contributed by atoms with Gasteiger partial charge in [-0.2, -0.15) is 0 Å². The van der Waals surface area contributed by atoms with Crippen LogP contribution in [0, 0.1) is 0 Å². The van der Waals surface area contributed by atoms with E-state index in [0.29, 0.717) is 13.0 Å². The van der Waals surface area contributed by atoms with Crippen molar-refractivity contribution in [3.8, 4) is 0 Å². The number of para-hydroxylation sites is 2. The molecule has 132 valence electrons. The number of unbranched alkanes of at least 4 members (excludes halogenated alkanes) is 1. The van der Waals surface area contributed by atoms with E-state index >= 15 is 0 Å². The monoisotopic (exact) mass is 341 g/mol. The summed E-state index contributed by atoms with van der Waals surface area (Å²) < 4.78 is 0. The van der Waals surface area contributed by atoms with Crippen molar-refractivity contribution in [1.29, 1.82) is 0 Å². The highest BCUT2D eigenvalue weighted by Gasteiger charge is 2.16. The standard InChI is InChI=1S/C19H23N3O3/c23-18(21-25)13-7-8-14-20-15-19(24)22(16-9-3-1-4-10-16)17-11-5-2-6-12-17/h1-6,9-12,20,25H,7-8,13-15H2,(H,21,23). The highest BCUT2D eigenvalue weighted by atomic mass is 16.5. The zero-order valence-electron chi connectivity index (χ0n) is 14.0. The predicted octanol–water partition coefficient (Wildman–Crippen LogP) is 2.62. The maximum absolute atomic E-state index is 12.7. The Balaban J connectivity index is 1.90. The van der Waals surface area contributed by atoms with Crippen molar-refractivity contribution in [2.75, 3.05) is 18.0 Å². The molecule has 0 heterocycles. The van der Waals surface area contributed by atoms with Crippen LogP contribution in [0.2, 0.25) is 0 Å². The van der Waals surface area contributed by atoms with Gasteiger partial charge in [-0.3, -0.25) is 19.7 Å². The van der Waals surface area contributed by atoms with Crippen LogP contribution in [0.1, 0.15) is 19.3 Å². The predicted molar refractivity (Wildman–Crippen MR) is 96.7 cm³/mol. The number of rotatable bonds is 9. The second-order valence-electron chi connectivity index (χ2n) is 5.57. The van der Waals surface area contributed by atoms with E-state index in [-0.39, 0.29) is 18.9 Å². The van der Waals surface area contributed by atoms with Crippen molar-refractivity contribution in [1.82, 2.24) is 10.8 Å². The van der Waals surface area contributed by atoms with Crippen LogP contribution >= 0.6 is 0 Å².